The molecule has 0 fully saturated rings. The molecule has 3 nitrogen and oxygen atoms in total. The molecule has 0 aromatic heterocycles. The van der Waals surface area contributed by atoms with Gasteiger partial charge in [0.1, 0.15) is 12.4 Å². The van der Waals surface area contributed by atoms with Gasteiger partial charge in [-0.15, -0.1) is 0 Å². The van der Waals surface area contributed by atoms with Crippen molar-refractivity contribution in [1.82, 2.24) is 0 Å². The SMILES string of the molecule is COc1ccccc1COC(=O)C=Cc1ccccc1. The predicted molar refractivity (Wildman–Crippen MR) is 78.3 cm³/mol. The number of esters is 1. The third kappa shape index (κ3) is 3.99. The van der Waals surface area contributed by atoms with Gasteiger partial charge in [-0.3, -0.25) is 0 Å². The van der Waals surface area contributed by atoms with E-state index in [1.807, 2.05) is 54.6 Å². The number of carbonyl (C=O) groups excluding carboxylic acids is 1. The van der Waals surface area contributed by atoms with Crippen LogP contribution in [-0.4, -0.2) is 13.1 Å². The summed E-state index contributed by atoms with van der Waals surface area (Å²) in [6.45, 7) is 0.196. The molecule has 2 rings (SSSR count). The van der Waals surface area contributed by atoms with Crippen molar-refractivity contribution in [3.05, 3.63) is 71.8 Å². The lowest BCUT2D eigenvalue weighted by molar-refractivity contribution is -0.138. The molecule has 2 aromatic rings. The van der Waals surface area contributed by atoms with Gasteiger partial charge in [-0.1, -0.05) is 48.5 Å². The Morgan fingerprint density at radius 2 is 1.75 bits per heavy atom. The predicted octanol–water partition coefficient (Wildman–Crippen LogP) is 3.45. The minimum atomic E-state index is -0.375. The molecule has 0 radical (unpaired) electrons. The van der Waals surface area contributed by atoms with E-state index in [2.05, 4.69) is 0 Å². The number of carbonyl (C=O) groups is 1. The van der Waals surface area contributed by atoms with Crippen molar-refractivity contribution in [1.29, 1.82) is 0 Å². The first-order valence-corrected chi connectivity index (χ1v) is 6.31. The van der Waals surface area contributed by atoms with Crippen molar-refractivity contribution < 1.29 is 14.3 Å². The number of hydrogen-bond acceptors (Lipinski definition) is 3. The highest BCUT2D eigenvalue weighted by Crippen LogP contribution is 2.18. The fraction of sp³-hybridized carbons (Fsp3) is 0.118. The second-order valence-corrected chi connectivity index (χ2v) is 4.16. The molecule has 20 heavy (non-hydrogen) atoms. The van der Waals surface area contributed by atoms with Crippen LogP contribution in [0.5, 0.6) is 5.75 Å². The van der Waals surface area contributed by atoms with E-state index in [1.54, 1.807) is 13.2 Å². The van der Waals surface area contributed by atoms with E-state index in [4.69, 9.17) is 9.47 Å². The Hall–Kier alpha value is -2.55. The normalized spacial score (nSPS) is 10.4. The van der Waals surface area contributed by atoms with E-state index in [0.717, 1.165) is 11.1 Å². The molecular weight excluding hydrogens is 252 g/mol. The first-order chi connectivity index (χ1) is 9.79. The van der Waals surface area contributed by atoms with Crippen LogP contribution in [-0.2, 0) is 16.1 Å². The summed E-state index contributed by atoms with van der Waals surface area (Å²) >= 11 is 0. The molecular formula is C17H16O3. The fourth-order valence-corrected chi connectivity index (χ4v) is 1.75. The molecule has 0 aliphatic rings. The highest BCUT2D eigenvalue weighted by molar-refractivity contribution is 5.87. The zero-order valence-corrected chi connectivity index (χ0v) is 11.3. The Morgan fingerprint density at radius 1 is 1.05 bits per heavy atom. The van der Waals surface area contributed by atoms with Gasteiger partial charge in [0.05, 0.1) is 7.11 Å². The van der Waals surface area contributed by atoms with Crippen LogP contribution in [0, 0.1) is 0 Å². The van der Waals surface area contributed by atoms with Gasteiger partial charge in [-0.05, 0) is 17.7 Å². The minimum absolute atomic E-state index is 0.196. The van der Waals surface area contributed by atoms with Crippen molar-refractivity contribution >= 4 is 12.0 Å². The number of para-hydroxylation sites is 1. The van der Waals surface area contributed by atoms with Gasteiger partial charge in [-0.25, -0.2) is 4.79 Å². The van der Waals surface area contributed by atoms with Gasteiger partial charge in [0, 0.05) is 11.6 Å². The third-order valence-corrected chi connectivity index (χ3v) is 2.77. The maximum Gasteiger partial charge on any atom is 0.331 e. The lowest BCUT2D eigenvalue weighted by atomic mass is 10.2. The van der Waals surface area contributed by atoms with Gasteiger partial charge in [0.15, 0.2) is 0 Å². The Balaban J connectivity index is 1.91. The highest BCUT2D eigenvalue weighted by Gasteiger charge is 2.04. The zero-order chi connectivity index (χ0) is 14.2. The van der Waals surface area contributed by atoms with Gasteiger partial charge in [0.25, 0.3) is 0 Å². The van der Waals surface area contributed by atoms with Crippen molar-refractivity contribution in [3.63, 3.8) is 0 Å². The van der Waals surface area contributed by atoms with Crippen molar-refractivity contribution in [2.45, 2.75) is 6.61 Å². The first kappa shape index (κ1) is 13.9. The van der Waals surface area contributed by atoms with Gasteiger partial charge < -0.3 is 9.47 Å². The highest BCUT2D eigenvalue weighted by atomic mass is 16.5. The number of benzene rings is 2. The van der Waals surface area contributed by atoms with Crippen LogP contribution in [0.2, 0.25) is 0 Å². The molecule has 0 bridgehead atoms. The monoisotopic (exact) mass is 268 g/mol. The van der Waals surface area contributed by atoms with E-state index >= 15 is 0 Å². The van der Waals surface area contributed by atoms with Crippen molar-refractivity contribution in [3.8, 4) is 5.75 Å². The van der Waals surface area contributed by atoms with Gasteiger partial charge in [0.2, 0.25) is 0 Å². The smallest absolute Gasteiger partial charge is 0.331 e. The van der Waals surface area contributed by atoms with E-state index in [1.165, 1.54) is 6.08 Å². The van der Waals surface area contributed by atoms with Crippen molar-refractivity contribution in [2.75, 3.05) is 7.11 Å². The molecule has 0 amide bonds. The molecule has 102 valence electrons. The second-order valence-electron chi connectivity index (χ2n) is 4.16. The minimum Gasteiger partial charge on any atom is -0.496 e. The van der Waals surface area contributed by atoms with Gasteiger partial charge in [-0.2, -0.15) is 0 Å². The Morgan fingerprint density at radius 3 is 2.50 bits per heavy atom. The molecule has 0 heterocycles. The van der Waals surface area contributed by atoms with Crippen LogP contribution >= 0.6 is 0 Å². The summed E-state index contributed by atoms with van der Waals surface area (Å²) in [6, 6.07) is 17.1. The summed E-state index contributed by atoms with van der Waals surface area (Å²) < 4.78 is 10.4. The lowest BCUT2D eigenvalue weighted by Gasteiger charge is -2.07. The molecule has 0 saturated heterocycles. The maximum atomic E-state index is 11.6. The standard InChI is InChI=1S/C17H16O3/c1-19-16-10-6-5-9-15(16)13-20-17(18)12-11-14-7-3-2-4-8-14/h2-12H,13H2,1H3. The number of rotatable bonds is 5. The molecule has 0 spiro atoms. The quantitative estimate of drug-likeness (QED) is 0.615. The summed E-state index contributed by atoms with van der Waals surface area (Å²) in [5.74, 6) is 0.340. The largest absolute Gasteiger partial charge is 0.496 e. The van der Waals surface area contributed by atoms with Crippen LogP contribution in [0.25, 0.3) is 6.08 Å². The average molecular weight is 268 g/mol. The van der Waals surface area contributed by atoms with E-state index < -0.39 is 0 Å². The first-order valence-electron chi connectivity index (χ1n) is 6.31. The topological polar surface area (TPSA) is 35.5 Å². The molecule has 0 aliphatic carbocycles. The number of ether oxygens (including phenoxy) is 2. The molecule has 0 N–H and O–H groups in total. The molecule has 3 heteroatoms. The molecule has 2 aromatic carbocycles. The van der Waals surface area contributed by atoms with Gasteiger partial charge >= 0.3 is 5.97 Å². The zero-order valence-electron chi connectivity index (χ0n) is 11.3. The second kappa shape index (κ2) is 7.14. The number of hydrogen-bond donors (Lipinski definition) is 0. The summed E-state index contributed by atoms with van der Waals surface area (Å²) in [7, 11) is 1.59. The lowest BCUT2D eigenvalue weighted by Crippen LogP contribution is -2.02. The van der Waals surface area contributed by atoms with E-state index in [9.17, 15) is 4.79 Å². The molecule has 0 unspecified atom stereocenters. The van der Waals surface area contributed by atoms with Crippen LogP contribution in [0.15, 0.2) is 60.7 Å². The molecule has 0 saturated carbocycles. The molecule has 0 atom stereocenters. The average Bonchev–Trinajstić information content (AvgIpc) is 2.52. The summed E-state index contributed by atoms with van der Waals surface area (Å²) in [6.07, 6.45) is 3.15. The fourth-order valence-electron chi connectivity index (χ4n) is 1.75. The van der Waals surface area contributed by atoms with Crippen LogP contribution in [0.3, 0.4) is 0 Å². The number of methoxy groups -OCH3 is 1. The summed E-state index contributed by atoms with van der Waals surface area (Å²) in [4.78, 5) is 11.6. The van der Waals surface area contributed by atoms with Crippen LogP contribution in [0.1, 0.15) is 11.1 Å². The van der Waals surface area contributed by atoms with Crippen molar-refractivity contribution in [2.24, 2.45) is 0 Å². The third-order valence-electron chi connectivity index (χ3n) is 2.77. The van der Waals surface area contributed by atoms with Crippen LogP contribution in [0.4, 0.5) is 0 Å². The Labute approximate surface area is 118 Å². The Kier molecular flexibility index (Phi) is 4.95. The molecule has 0 aliphatic heterocycles. The van der Waals surface area contributed by atoms with E-state index in [0.29, 0.717) is 5.75 Å². The maximum absolute atomic E-state index is 11.6. The summed E-state index contributed by atoms with van der Waals surface area (Å²) in [5.41, 5.74) is 1.80. The Bertz CT molecular complexity index is 588. The van der Waals surface area contributed by atoms with Crippen LogP contribution < -0.4 is 4.74 Å². The van der Waals surface area contributed by atoms with E-state index in [-0.39, 0.29) is 12.6 Å². The summed E-state index contributed by atoms with van der Waals surface area (Å²) in [5, 5.41) is 0.